The fourth-order valence-corrected chi connectivity index (χ4v) is 6.17. The minimum absolute atomic E-state index is 0.0367. The molecule has 1 atom stereocenters. The zero-order valence-corrected chi connectivity index (χ0v) is 18.1. The van der Waals surface area contributed by atoms with Crippen molar-refractivity contribution in [2.24, 2.45) is 0 Å². The van der Waals surface area contributed by atoms with Crippen molar-refractivity contribution in [2.45, 2.75) is 32.7 Å². The van der Waals surface area contributed by atoms with Crippen molar-refractivity contribution in [3.8, 4) is 11.3 Å². The summed E-state index contributed by atoms with van der Waals surface area (Å²) in [4.78, 5) is 20.3. The molecule has 1 aromatic carbocycles. The van der Waals surface area contributed by atoms with Gasteiger partial charge in [-0.3, -0.25) is 4.79 Å². The van der Waals surface area contributed by atoms with Gasteiger partial charge in [0, 0.05) is 30.1 Å². The number of carbonyl (C=O) groups is 1. The second-order valence-electron chi connectivity index (χ2n) is 7.18. The average molecular weight is 423 g/mol. The van der Waals surface area contributed by atoms with Gasteiger partial charge in [0.05, 0.1) is 35.2 Å². The summed E-state index contributed by atoms with van der Waals surface area (Å²) in [7, 11) is -1.49. The number of aromatic nitrogens is 1. The summed E-state index contributed by atoms with van der Waals surface area (Å²) < 4.78 is 28.9. The molecule has 1 saturated heterocycles. The number of benzene rings is 1. The number of carbonyl (C=O) groups excluding carboxylic acids is 1. The smallest absolute Gasteiger partial charge is 0.228 e. The minimum atomic E-state index is -3.07. The Morgan fingerprint density at radius 2 is 2.00 bits per heavy atom. The molecule has 28 heavy (non-hydrogen) atoms. The van der Waals surface area contributed by atoms with Gasteiger partial charge in [0.2, 0.25) is 5.91 Å². The van der Waals surface area contributed by atoms with E-state index in [2.05, 4.69) is 4.98 Å². The molecule has 0 N–H and O–H groups in total. The fraction of sp³-hybridized carbons (Fsp3) is 0.500. The quantitative estimate of drug-likeness (QED) is 0.686. The van der Waals surface area contributed by atoms with Gasteiger partial charge >= 0.3 is 0 Å². The first kappa shape index (κ1) is 21.0. The molecule has 6 nitrogen and oxygen atoms in total. The Morgan fingerprint density at radius 3 is 2.61 bits per heavy atom. The number of thiazole rings is 1. The molecule has 1 aliphatic heterocycles. The Morgan fingerprint density at radius 1 is 1.29 bits per heavy atom. The van der Waals surface area contributed by atoms with Crippen LogP contribution in [0.3, 0.4) is 0 Å². The predicted octanol–water partition coefficient (Wildman–Crippen LogP) is 2.63. The lowest BCUT2D eigenvalue weighted by Gasteiger charge is -2.28. The Bertz CT molecular complexity index is 936. The number of nitrogens with zero attached hydrogens (tertiary/aromatic N) is 2. The van der Waals surface area contributed by atoms with E-state index in [4.69, 9.17) is 4.74 Å². The van der Waals surface area contributed by atoms with Gasteiger partial charge in [-0.1, -0.05) is 29.8 Å². The predicted molar refractivity (Wildman–Crippen MR) is 111 cm³/mol. The summed E-state index contributed by atoms with van der Waals surface area (Å²) in [5, 5.41) is 0.908. The zero-order chi connectivity index (χ0) is 20.3. The van der Waals surface area contributed by atoms with E-state index in [0.717, 1.165) is 21.1 Å². The monoisotopic (exact) mass is 422 g/mol. The molecule has 8 heteroatoms. The summed E-state index contributed by atoms with van der Waals surface area (Å²) in [5.74, 6) is 0.105. The van der Waals surface area contributed by atoms with Crippen LogP contribution in [0, 0.1) is 13.8 Å². The fourth-order valence-electron chi connectivity index (χ4n) is 3.49. The van der Waals surface area contributed by atoms with Crippen molar-refractivity contribution < 1.29 is 17.9 Å². The molecule has 0 spiro atoms. The van der Waals surface area contributed by atoms with Gasteiger partial charge in [0.25, 0.3) is 0 Å². The van der Waals surface area contributed by atoms with E-state index in [-0.39, 0.29) is 29.9 Å². The van der Waals surface area contributed by atoms with Crippen LogP contribution < -0.4 is 0 Å². The summed E-state index contributed by atoms with van der Waals surface area (Å²) in [6.45, 7) is 4.74. The molecular formula is C20H26N2O4S2. The molecule has 0 radical (unpaired) electrons. The Hall–Kier alpha value is -1.77. The van der Waals surface area contributed by atoms with Gasteiger partial charge in [0.1, 0.15) is 0 Å². The van der Waals surface area contributed by atoms with Gasteiger partial charge in [-0.15, -0.1) is 11.3 Å². The lowest BCUT2D eigenvalue weighted by atomic mass is 10.1. The highest BCUT2D eigenvalue weighted by atomic mass is 32.2. The molecule has 1 amide bonds. The second-order valence-corrected chi connectivity index (χ2v) is 10.7. The third kappa shape index (κ3) is 4.98. The van der Waals surface area contributed by atoms with Crippen LogP contribution in [0.15, 0.2) is 24.3 Å². The molecule has 1 aromatic heterocycles. The standard InChI is InChI=1S/C20H26N2O4S2/c1-14-4-6-16(7-5-14)20-18(27-15(2)21-20)12-19(23)22(9-10-26-3)17-8-11-28(24,25)13-17/h4-7,17H,8-13H2,1-3H3. The largest absolute Gasteiger partial charge is 0.383 e. The van der Waals surface area contributed by atoms with Crippen LogP contribution >= 0.6 is 11.3 Å². The molecule has 152 valence electrons. The molecule has 0 aliphatic carbocycles. The van der Waals surface area contributed by atoms with Crippen molar-refractivity contribution in [3.05, 3.63) is 39.7 Å². The van der Waals surface area contributed by atoms with E-state index < -0.39 is 9.84 Å². The van der Waals surface area contributed by atoms with E-state index in [1.807, 2.05) is 38.1 Å². The maximum atomic E-state index is 13.1. The first-order valence-electron chi connectivity index (χ1n) is 9.31. The lowest BCUT2D eigenvalue weighted by molar-refractivity contribution is -0.133. The molecule has 0 saturated carbocycles. The number of hydrogen-bond acceptors (Lipinski definition) is 6. The average Bonchev–Trinajstić information content (AvgIpc) is 3.18. The SMILES string of the molecule is COCCN(C(=O)Cc1sc(C)nc1-c1ccc(C)cc1)C1CCS(=O)(=O)C1. The first-order valence-corrected chi connectivity index (χ1v) is 11.9. The number of rotatable bonds is 7. The van der Waals surface area contributed by atoms with E-state index in [0.29, 0.717) is 19.6 Å². The van der Waals surface area contributed by atoms with Crippen molar-refractivity contribution in [1.29, 1.82) is 0 Å². The van der Waals surface area contributed by atoms with Gasteiger partial charge in [-0.25, -0.2) is 13.4 Å². The highest BCUT2D eigenvalue weighted by Gasteiger charge is 2.34. The van der Waals surface area contributed by atoms with E-state index in [9.17, 15) is 13.2 Å². The second kappa shape index (κ2) is 8.71. The summed E-state index contributed by atoms with van der Waals surface area (Å²) in [6, 6.07) is 7.83. The van der Waals surface area contributed by atoms with Gasteiger partial charge < -0.3 is 9.64 Å². The lowest BCUT2D eigenvalue weighted by Crippen LogP contribution is -2.43. The zero-order valence-electron chi connectivity index (χ0n) is 16.5. The number of aryl methyl sites for hydroxylation is 2. The van der Waals surface area contributed by atoms with Crippen LogP contribution in [0.4, 0.5) is 0 Å². The van der Waals surface area contributed by atoms with Crippen LogP contribution in [0.1, 0.15) is 21.9 Å². The van der Waals surface area contributed by atoms with Crippen molar-refractivity contribution >= 4 is 27.1 Å². The van der Waals surface area contributed by atoms with Crippen LogP contribution in [0.5, 0.6) is 0 Å². The van der Waals surface area contributed by atoms with E-state index in [1.165, 1.54) is 16.9 Å². The number of methoxy groups -OCH3 is 1. The van der Waals surface area contributed by atoms with Crippen molar-refractivity contribution in [2.75, 3.05) is 31.8 Å². The number of sulfone groups is 1. The van der Waals surface area contributed by atoms with Gasteiger partial charge in [-0.2, -0.15) is 0 Å². The highest BCUT2D eigenvalue weighted by Crippen LogP contribution is 2.30. The molecule has 1 unspecified atom stereocenters. The van der Waals surface area contributed by atoms with E-state index in [1.54, 1.807) is 12.0 Å². The molecule has 2 aromatic rings. The molecule has 3 rings (SSSR count). The Kier molecular flexibility index (Phi) is 6.52. The summed E-state index contributed by atoms with van der Waals surface area (Å²) in [5.41, 5.74) is 2.99. The first-order chi connectivity index (χ1) is 13.3. The highest BCUT2D eigenvalue weighted by molar-refractivity contribution is 7.91. The maximum absolute atomic E-state index is 13.1. The third-order valence-corrected chi connectivity index (χ3v) is 7.67. The number of hydrogen-bond donors (Lipinski definition) is 0. The maximum Gasteiger partial charge on any atom is 0.228 e. The molecule has 0 bridgehead atoms. The van der Waals surface area contributed by atoms with Crippen LogP contribution in [0.2, 0.25) is 0 Å². The van der Waals surface area contributed by atoms with Crippen LogP contribution in [-0.4, -0.2) is 62.0 Å². The number of ether oxygens (including phenoxy) is 1. The molecule has 1 fully saturated rings. The molecule has 2 heterocycles. The third-order valence-electron chi connectivity index (χ3n) is 4.95. The van der Waals surface area contributed by atoms with E-state index >= 15 is 0 Å². The van der Waals surface area contributed by atoms with Crippen molar-refractivity contribution in [3.63, 3.8) is 0 Å². The van der Waals surface area contributed by atoms with Crippen molar-refractivity contribution in [1.82, 2.24) is 9.88 Å². The number of amides is 1. The molecular weight excluding hydrogens is 396 g/mol. The summed E-state index contributed by atoms with van der Waals surface area (Å²) in [6.07, 6.45) is 0.708. The summed E-state index contributed by atoms with van der Waals surface area (Å²) >= 11 is 1.52. The van der Waals surface area contributed by atoms with Crippen LogP contribution in [-0.2, 0) is 25.8 Å². The topological polar surface area (TPSA) is 76.6 Å². The van der Waals surface area contributed by atoms with Gasteiger partial charge in [-0.05, 0) is 20.3 Å². The normalized spacial score (nSPS) is 18.3. The minimum Gasteiger partial charge on any atom is -0.383 e. The Balaban J connectivity index is 1.82. The van der Waals surface area contributed by atoms with Gasteiger partial charge in [0.15, 0.2) is 9.84 Å². The molecule has 1 aliphatic rings. The Labute approximate surface area is 170 Å². The van der Waals surface area contributed by atoms with Crippen LogP contribution in [0.25, 0.3) is 11.3 Å².